The lowest BCUT2D eigenvalue weighted by Gasteiger charge is -2.18. The van der Waals surface area contributed by atoms with E-state index in [1.54, 1.807) is 30.3 Å². The molecule has 2 aromatic rings. The van der Waals surface area contributed by atoms with Crippen LogP contribution in [0.2, 0.25) is 0 Å². The highest BCUT2D eigenvalue weighted by Gasteiger charge is 2.45. The lowest BCUT2D eigenvalue weighted by atomic mass is 10.1. The second-order valence-corrected chi connectivity index (χ2v) is 14.5. The highest BCUT2D eigenvalue weighted by molar-refractivity contribution is 7.70. The Morgan fingerprint density at radius 3 is 1.90 bits per heavy atom. The van der Waals surface area contributed by atoms with E-state index in [2.05, 4.69) is 66.3 Å². The maximum absolute atomic E-state index is 14.5. The lowest BCUT2D eigenvalue weighted by Crippen LogP contribution is -2.36. The van der Waals surface area contributed by atoms with Crippen LogP contribution in [0.15, 0.2) is 41.3 Å². The maximum Gasteiger partial charge on any atom is 0.351 e. The van der Waals surface area contributed by atoms with Crippen molar-refractivity contribution >= 4 is 21.0 Å². The van der Waals surface area contributed by atoms with Gasteiger partial charge in [-0.05, 0) is 44.8 Å². The third kappa shape index (κ3) is 15.6. The van der Waals surface area contributed by atoms with Crippen molar-refractivity contribution in [3.8, 4) is 0 Å². The molecule has 1 saturated heterocycles. The van der Waals surface area contributed by atoms with Crippen LogP contribution in [0.25, 0.3) is 0 Å². The fourth-order valence-corrected chi connectivity index (χ4v) is 6.93. The Kier molecular flexibility index (Phi) is 20.0. The SMILES string of the molecule is CCN(CC)CC.CCN(CC)CC.O=c1nc(NOCc2ccccc2)c(F)cn1[C@@H]1O[C@H](COP(=O)(O)CP(=O)(O)O)[C@@H](O)[C@H]1O. The molecule has 16 nitrogen and oxygen atoms in total. The number of nitrogens with zero attached hydrogens (tertiary/aromatic N) is 4. The zero-order valence-electron chi connectivity index (χ0n) is 28.4. The molecule has 3 rings (SSSR count). The van der Waals surface area contributed by atoms with Crippen LogP contribution in [0.5, 0.6) is 0 Å². The molecule has 0 bridgehead atoms. The Balaban J connectivity index is 0.000000687. The van der Waals surface area contributed by atoms with Gasteiger partial charge in [0.1, 0.15) is 18.3 Å². The van der Waals surface area contributed by atoms with Gasteiger partial charge in [0.05, 0.1) is 19.4 Å². The van der Waals surface area contributed by atoms with E-state index in [1.807, 2.05) is 0 Å². The van der Waals surface area contributed by atoms with Gasteiger partial charge in [-0.2, -0.15) is 4.98 Å². The molecule has 0 amide bonds. The van der Waals surface area contributed by atoms with E-state index in [9.17, 15) is 33.4 Å². The minimum Gasteiger partial charge on any atom is -0.387 e. The van der Waals surface area contributed by atoms with Crippen LogP contribution in [0.4, 0.5) is 10.2 Å². The Bertz CT molecular complexity index is 1320. The Labute approximate surface area is 281 Å². The highest BCUT2D eigenvalue weighted by atomic mass is 31.2. The average Bonchev–Trinajstić information content (AvgIpc) is 3.32. The van der Waals surface area contributed by atoms with Crippen LogP contribution in [-0.2, 0) is 29.8 Å². The molecule has 48 heavy (non-hydrogen) atoms. The molecule has 1 aliphatic rings. The maximum atomic E-state index is 14.5. The number of hydrogen-bond acceptors (Lipinski definition) is 12. The summed E-state index contributed by atoms with van der Waals surface area (Å²) in [7, 11) is -9.64. The Morgan fingerprint density at radius 2 is 1.44 bits per heavy atom. The van der Waals surface area contributed by atoms with Crippen LogP contribution >= 0.6 is 15.2 Å². The van der Waals surface area contributed by atoms with Crippen LogP contribution in [-0.4, -0.2) is 114 Å². The fourth-order valence-electron chi connectivity index (χ4n) is 4.36. The van der Waals surface area contributed by atoms with Gasteiger partial charge in [0, 0.05) is 0 Å². The molecule has 1 aromatic carbocycles. The third-order valence-corrected chi connectivity index (χ3v) is 10.7. The topological polar surface area (TPSA) is 216 Å². The van der Waals surface area contributed by atoms with Crippen LogP contribution in [0.1, 0.15) is 53.3 Å². The lowest BCUT2D eigenvalue weighted by molar-refractivity contribution is -0.0528. The first kappa shape index (κ1) is 43.9. The molecule has 0 radical (unpaired) electrons. The summed E-state index contributed by atoms with van der Waals surface area (Å²) >= 11 is 0. The number of aliphatic hydroxyl groups is 2. The first-order valence-corrected chi connectivity index (χ1v) is 19.3. The second-order valence-electron chi connectivity index (χ2n) is 10.5. The number of anilines is 1. The average molecular weight is 728 g/mol. The first-order valence-electron chi connectivity index (χ1n) is 15.7. The van der Waals surface area contributed by atoms with Gasteiger partial charge in [-0.15, -0.1) is 0 Å². The van der Waals surface area contributed by atoms with Crippen LogP contribution in [0.3, 0.4) is 0 Å². The van der Waals surface area contributed by atoms with E-state index < -0.39 is 69.6 Å². The monoisotopic (exact) mass is 727 g/mol. The Hall–Kier alpha value is -2.11. The number of rotatable bonds is 16. The van der Waals surface area contributed by atoms with Crippen molar-refractivity contribution in [2.45, 2.75) is 72.7 Å². The molecular weight excluding hydrogens is 675 g/mol. The Morgan fingerprint density at radius 1 is 0.917 bits per heavy atom. The van der Waals surface area contributed by atoms with Crippen LogP contribution in [0, 0.1) is 5.82 Å². The molecule has 1 aromatic heterocycles. The predicted molar refractivity (Wildman–Crippen MR) is 179 cm³/mol. The van der Waals surface area contributed by atoms with E-state index in [-0.39, 0.29) is 6.61 Å². The van der Waals surface area contributed by atoms with Gasteiger partial charge in [0.25, 0.3) is 0 Å². The van der Waals surface area contributed by atoms with E-state index >= 15 is 0 Å². The van der Waals surface area contributed by atoms with Crippen molar-refractivity contribution in [3.63, 3.8) is 0 Å². The summed E-state index contributed by atoms with van der Waals surface area (Å²) in [6, 6.07) is 8.87. The molecule has 0 aliphatic carbocycles. The van der Waals surface area contributed by atoms with Gasteiger partial charge >= 0.3 is 20.9 Å². The standard InChI is InChI=1S/C17H22FN3O11P2.2C6H15N/c18-11-6-21(17(24)19-15(11)20-30-7-10-4-2-1-3-5-10)16-14(23)13(22)12(32-16)8-31-34(28,29)9-33(25,26)27;2*1-4-7(5-2)6-3/h1-6,12-14,16,22-23H,7-9H2,(H,28,29)(H,19,20,24)(H2,25,26,27);2*4-6H2,1-3H3/t12-,13-,14-,16-;;/m1../s1. The van der Waals surface area contributed by atoms with Crippen LogP contribution < -0.4 is 11.2 Å². The van der Waals surface area contributed by atoms with Crippen molar-refractivity contribution in [2.24, 2.45) is 0 Å². The quantitative estimate of drug-likeness (QED) is 0.108. The van der Waals surface area contributed by atoms with E-state index in [0.717, 1.165) is 5.56 Å². The molecule has 276 valence electrons. The molecule has 0 saturated carbocycles. The van der Waals surface area contributed by atoms with Gasteiger partial charge in [-0.25, -0.2) is 14.7 Å². The van der Waals surface area contributed by atoms with Gasteiger partial charge in [0.15, 0.2) is 23.8 Å². The second kappa shape index (κ2) is 21.9. The molecule has 19 heteroatoms. The zero-order valence-corrected chi connectivity index (χ0v) is 30.2. The molecule has 2 heterocycles. The minimum absolute atomic E-state index is 0.0418. The molecule has 5 atom stereocenters. The normalized spacial score (nSPS) is 20.5. The summed E-state index contributed by atoms with van der Waals surface area (Å²) in [4.78, 5) is 52.8. The van der Waals surface area contributed by atoms with Crippen molar-refractivity contribution in [2.75, 3.05) is 57.3 Å². The largest absolute Gasteiger partial charge is 0.387 e. The number of aliphatic hydroxyl groups excluding tert-OH is 2. The third-order valence-electron chi connectivity index (χ3n) is 7.26. The van der Waals surface area contributed by atoms with Gasteiger partial charge < -0.3 is 44.0 Å². The van der Waals surface area contributed by atoms with E-state index in [4.69, 9.17) is 19.4 Å². The van der Waals surface area contributed by atoms with Gasteiger partial charge in [-0.3, -0.25) is 18.5 Å². The first-order chi connectivity index (χ1) is 22.6. The van der Waals surface area contributed by atoms with Crippen molar-refractivity contribution in [3.05, 3.63) is 58.4 Å². The van der Waals surface area contributed by atoms with Gasteiger partial charge in [0.2, 0.25) is 0 Å². The molecule has 0 spiro atoms. The number of halogens is 1. The molecule has 6 N–H and O–H groups in total. The number of ether oxygens (including phenoxy) is 1. The van der Waals surface area contributed by atoms with Crippen molar-refractivity contribution < 1.29 is 52.5 Å². The summed E-state index contributed by atoms with van der Waals surface area (Å²) in [5.41, 5.74) is 1.89. The summed E-state index contributed by atoms with van der Waals surface area (Å²) in [6.45, 7) is 19.4. The van der Waals surface area contributed by atoms with E-state index in [1.165, 1.54) is 39.3 Å². The zero-order chi connectivity index (χ0) is 36.5. The summed E-state index contributed by atoms with van der Waals surface area (Å²) < 4.78 is 47.5. The fraction of sp³-hybridized carbons (Fsp3) is 0.655. The van der Waals surface area contributed by atoms with Crippen molar-refractivity contribution in [1.82, 2.24) is 19.4 Å². The smallest absolute Gasteiger partial charge is 0.351 e. The number of aromatic nitrogens is 2. The summed E-state index contributed by atoms with van der Waals surface area (Å²) in [5.74, 6) is -3.06. The number of hydrogen-bond donors (Lipinski definition) is 6. The molecule has 1 aliphatic heterocycles. The predicted octanol–water partition coefficient (Wildman–Crippen LogP) is 2.58. The van der Waals surface area contributed by atoms with Gasteiger partial charge in [-0.1, -0.05) is 71.9 Å². The molecular formula is C29H52FN5O11P2. The summed E-state index contributed by atoms with van der Waals surface area (Å²) in [6.07, 6.45) is -6.02. The number of benzene rings is 1. The number of nitrogens with one attached hydrogen (secondary N) is 1. The molecule has 1 fully saturated rings. The van der Waals surface area contributed by atoms with E-state index in [0.29, 0.717) is 10.8 Å². The summed E-state index contributed by atoms with van der Waals surface area (Å²) in [5, 5.41) is 20.3. The van der Waals surface area contributed by atoms with Crippen molar-refractivity contribution in [1.29, 1.82) is 0 Å². The molecule has 1 unspecified atom stereocenters. The highest BCUT2D eigenvalue weighted by Crippen LogP contribution is 2.55. The minimum atomic E-state index is -4.88.